The lowest BCUT2D eigenvalue weighted by atomic mass is 9.95. The van der Waals surface area contributed by atoms with E-state index in [0.29, 0.717) is 12.6 Å². The first-order chi connectivity index (χ1) is 8.66. The Morgan fingerprint density at radius 2 is 2.06 bits per heavy atom. The van der Waals surface area contributed by atoms with Crippen molar-refractivity contribution in [3.63, 3.8) is 0 Å². The lowest BCUT2D eigenvalue weighted by molar-refractivity contribution is 0.366. The molecule has 1 heterocycles. The van der Waals surface area contributed by atoms with E-state index in [9.17, 15) is 4.79 Å². The summed E-state index contributed by atoms with van der Waals surface area (Å²) in [6.45, 7) is 5.40. The third-order valence-electron chi connectivity index (χ3n) is 3.72. The highest BCUT2D eigenvalue weighted by Crippen LogP contribution is 2.17. The fourth-order valence-electron chi connectivity index (χ4n) is 2.73. The van der Waals surface area contributed by atoms with Crippen molar-refractivity contribution in [2.24, 2.45) is 0 Å². The molecule has 1 aromatic rings. The number of aryl methyl sites for hydroxylation is 2. The van der Waals surface area contributed by atoms with Gasteiger partial charge >= 0.3 is 5.69 Å². The molecule has 0 atom stereocenters. The molecule has 0 aromatic carbocycles. The summed E-state index contributed by atoms with van der Waals surface area (Å²) in [5.41, 5.74) is 1.67. The van der Waals surface area contributed by atoms with Crippen LogP contribution in [0.2, 0.25) is 0 Å². The van der Waals surface area contributed by atoms with Crippen LogP contribution in [0.4, 0.5) is 0 Å². The number of rotatable bonds is 4. The van der Waals surface area contributed by atoms with Gasteiger partial charge < -0.3 is 5.32 Å². The zero-order valence-electron chi connectivity index (χ0n) is 11.4. The minimum Gasteiger partial charge on any atom is -0.312 e. The Bertz CT molecular complexity index is 447. The molecule has 1 fully saturated rings. The van der Waals surface area contributed by atoms with Gasteiger partial charge in [0.15, 0.2) is 0 Å². The predicted molar refractivity (Wildman–Crippen MR) is 72.8 cm³/mol. The lowest BCUT2D eigenvalue weighted by Gasteiger charge is -2.23. The largest absolute Gasteiger partial charge is 0.347 e. The van der Waals surface area contributed by atoms with Crippen LogP contribution in [-0.4, -0.2) is 22.1 Å². The Morgan fingerprint density at radius 1 is 1.33 bits per heavy atom. The molecule has 0 bridgehead atoms. The quantitative estimate of drug-likeness (QED) is 0.885. The maximum absolute atomic E-state index is 11.8. The van der Waals surface area contributed by atoms with E-state index in [4.69, 9.17) is 0 Å². The van der Waals surface area contributed by atoms with Crippen molar-refractivity contribution < 1.29 is 0 Å². The van der Waals surface area contributed by atoms with Gasteiger partial charge in [-0.25, -0.2) is 4.79 Å². The van der Waals surface area contributed by atoms with Crippen LogP contribution < -0.4 is 11.0 Å². The van der Waals surface area contributed by atoms with Crippen LogP contribution in [0.15, 0.2) is 10.9 Å². The molecular weight excluding hydrogens is 226 g/mol. The van der Waals surface area contributed by atoms with Gasteiger partial charge in [0.2, 0.25) is 0 Å². The summed E-state index contributed by atoms with van der Waals surface area (Å²) in [6, 6.07) is 2.61. The second-order valence-corrected chi connectivity index (χ2v) is 5.26. The Morgan fingerprint density at radius 3 is 2.72 bits per heavy atom. The van der Waals surface area contributed by atoms with Gasteiger partial charge in [-0.15, -0.1) is 0 Å². The Balaban J connectivity index is 1.88. The smallest absolute Gasteiger partial charge is 0.312 e. The Labute approximate surface area is 108 Å². The standard InChI is InChI=1S/C14H23N3O/c1-11-10-12(2)17(14(18)16-11)9-8-15-13-6-4-3-5-7-13/h10,13,15H,3-9H2,1-2H3. The first kappa shape index (κ1) is 13.3. The van der Waals surface area contributed by atoms with E-state index >= 15 is 0 Å². The van der Waals surface area contributed by atoms with Gasteiger partial charge in [0.05, 0.1) is 0 Å². The lowest BCUT2D eigenvalue weighted by Crippen LogP contribution is -2.36. The van der Waals surface area contributed by atoms with E-state index in [1.807, 2.05) is 19.9 Å². The van der Waals surface area contributed by atoms with Crippen LogP contribution in [0.25, 0.3) is 0 Å². The molecule has 100 valence electrons. The molecule has 0 amide bonds. The van der Waals surface area contributed by atoms with Crippen LogP contribution >= 0.6 is 0 Å². The number of aromatic nitrogens is 2. The van der Waals surface area contributed by atoms with Gasteiger partial charge in [0.25, 0.3) is 0 Å². The summed E-state index contributed by atoms with van der Waals surface area (Å²) in [7, 11) is 0. The topological polar surface area (TPSA) is 46.9 Å². The molecule has 1 N–H and O–H groups in total. The highest BCUT2D eigenvalue weighted by Gasteiger charge is 2.12. The van der Waals surface area contributed by atoms with Crippen LogP contribution in [0.5, 0.6) is 0 Å². The van der Waals surface area contributed by atoms with Crippen molar-refractivity contribution in [2.45, 2.75) is 58.5 Å². The average molecular weight is 249 g/mol. The summed E-state index contributed by atoms with van der Waals surface area (Å²) in [4.78, 5) is 15.7. The molecule has 0 aliphatic heterocycles. The molecule has 1 saturated carbocycles. The van der Waals surface area contributed by atoms with E-state index in [1.54, 1.807) is 4.57 Å². The monoisotopic (exact) mass is 249 g/mol. The van der Waals surface area contributed by atoms with Gasteiger partial charge in [-0.2, -0.15) is 4.98 Å². The zero-order valence-corrected chi connectivity index (χ0v) is 11.4. The van der Waals surface area contributed by atoms with Crippen molar-refractivity contribution >= 4 is 0 Å². The summed E-state index contributed by atoms with van der Waals surface area (Å²) < 4.78 is 1.75. The molecular formula is C14H23N3O. The average Bonchev–Trinajstić information content (AvgIpc) is 2.34. The predicted octanol–water partition coefficient (Wildman–Crippen LogP) is 1.78. The number of hydrogen-bond donors (Lipinski definition) is 1. The van der Waals surface area contributed by atoms with Crippen LogP contribution in [0.3, 0.4) is 0 Å². The fourth-order valence-corrected chi connectivity index (χ4v) is 2.73. The minimum absolute atomic E-state index is 0.127. The molecule has 0 spiro atoms. The number of nitrogens with one attached hydrogen (secondary N) is 1. The van der Waals surface area contributed by atoms with Gasteiger partial charge in [-0.1, -0.05) is 19.3 Å². The van der Waals surface area contributed by atoms with Crippen LogP contribution in [0, 0.1) is 13.8 Å². The molecule has 2 rings (SSSR count). The third-order valence-corrected chi connectivity index (χ3v) is 3.72. The second-order valence-electron chi connectivity index (χ2n) is 5.26. The molecule has 4 heteroatoms. The van der Waals surface area contributed by atoms with Crippen molar-refractivity contribution in [2.75, 3.05) is 6.54 Å². The summed E-state index contributed by atoms with van der Waals surface area (Å²) in [5.74, 6) is 0. The fraction of sp³-hybridized carbons (Fsp3) is 0.714. The van der Waals surface area contributed by atoms with E-state index < -0.39 is 0 Å². The van der Waals surface area contributed by atoms with Crippen molar-refractivity contribution in [1.29, 1.82) is 0 Å². The maximum Gasteiger partial charge on any atom is 0.347 e. The van der Waals surface area contributed by atoms with Crippen molar-refractivity contribution in [1.82, 2.24) is 14.9 Å². The molecule has 1 aliphatic carbocycles. The Kier molecular flexibility index (Phi) is 4.53. The van der Waals surface area contributed by atoms with E-state index in [2.05, 4.69) is 10.3 Å². The molecule has 0 saturated heterocycles. The van der Waals surface area contributed by atoms with E-state index in [1.165, 1.54) is 32.1 Å². The maximum atomic E-state index is 11.8. The molecule has 1 aromatic heterocycles. The van der Waals surface area contributed by atoms with Crippen molar-refractivity contribution in [3.05, 3.63) is 27.9 Å². The SMILES string of the molecule is Cc1cc(C)n(CCNC2CCCCC2)c(=O)n1. The number of hydrogen-bond acceptors (Lipinski definition) is 3. The van der Waals surface area contributed by atoms with Crippen LogP contribution in [0.1, 0.15) is 43.5 Å². The first-order valence-electron chi connectivity index (χ1n) is 6.95. The van der Waals surface area contributed by atoms with Gasteiger partial charge in [-0.3, -0.25) is 4.57 Å². The van der Waals surface area contributed by atoms with Gasteiger partial charge in [0, 0.05) is 30.5 Å². The zero-order chi connectivity index (χ0) is 13.0. The molecule has 1 aliphatic rings. The van der Waals surface area contributed by atoms with E-state index in [0.717, 1.165) is 17.9 Å². The van der Waals surface area contributed by atoms with Crippen molar-refractivity contribution in [3.8, 4) is 0 Å². The minimum atomic E-state index is -0.127. The molecule has 0 radical (unpaired) electrons. The summed E-state index contributed by atoms with van der Waals surface area (Å²) >= 11 is 0. The highest BCUT2D eigenvalue weighted by molar-refractivity contribution is 5.06. The normalized spacial score (nSPS) is 17.0. The summed E-state index contributed by atoms with van der Waals surface area (Å²) in [5, 5.41) is 3.55. The van der Waals surface area contributed by atoms with Crippen LogP contribution in [-0.2, 0) is 6.54 Å². The number of nitrogens with zero attached hydrogens (tertiary/aromatic N) is 2. The molecule has 18 heavy (non-hydrogen) atoms. The first-order valence-corrected chi connectivity index (χ1v) is 6.95. The molecule has 4 nitrogen and oxygen atoms in total. The van der Waals surface area contributed by atoms with E-state index in [-0.39, 0.29) is 5.69 Å². The summed E-state index contributed by atoms with van der Waals surface area (Å²) in [6.07, 6.45) is 6.60. The Hall–Kier alpha value is -1.16. The van der Waals surface area contributed by atoms with Gasteiger partial charge in [-0.05, 0) is 32.8 Å². The molecule has 0 unspecified atom stereocenters. The third kappa shape index (κ3) is 3.42. The second kappa shape index (κ2) is 6.14. The highest BCUT2D eigenvalue weighted by atomic mass is 16.1. The van der Waals surface area contributed by atoms with Gasteiger partial charge in [0.1, 0.15) is 0 Å².